The number of hydrogen-bond acceptors (Lipinski definition) is 2. The lowest BCUT2D eigenvalue weighted by Crippen LogP contribution is -1.86. The van der Waals surface area contributed by atoms with Crippen molar-refractivity contribution in [1.29, 1.82) is 0 Å². The topological polar surface area (TPSA) is 30.2 Å². The zero-order valence-corrected chi connectivity index (χ0v) is 10.6. The van der Waals surface area contributed by atoms with Gasteiger partial charge in [0.15, 0.2) is 5.65 Å². The van der Waals surface area contributed by atoms with Gasteiger partial charge in [0, 0.05) is 18.0 Å². The van der Waals surface area contributed by atoms with Gasteiger partial charge in [-0.25, -0.2) is 9.50 Å². The van der Waals surface area contributed by atoms with E-state index in [0.717, 1.165) is 16.9 Å². The number of aryl methyl sites for hydroxylation is 2. The van der Waals surface area contributed by atoms with Crippen LogP contribution in [0.4, 0.5) is 0 Å². The second-order valence-corrected chi connectivity index (χ2v) is 2.60. The van der Waals surface area contributed by atoms with Crippen LogP contribution in [0.5, 0.6) is 0 Å². The third kappa shape index (κ3) is 3.05. The SMILES string of the molecule is CC.CC.Cc1nn2cccnc2c1C. The summed E-state index contributed by atoms with van der Waals surface area (Å²) in [5.74, 6) is 0. The summed E-state index contributed by atoms with van der Waals surface area (Å²) in [7, 11) is 0. The first kappa shape index (κ1) is 13.6. The van der Waals surface area contributed by atoms with Crippen LogP contribution in [0, 0.1) is 13.8 Å². The number of nitrogens with zero attached hydrogens (tertiary/aromatic N) is 3. The van der Waals surface area contributed by atoms with E-state index in [4.69, 9.17) is 0 Å². The van der Waals surface area contributed by atoms with Gasteiger partial charge in [-0.2, -0.15) is 5.10 Å². The van der Waals surface area contributed by atoms with Crippen molar-refractivity contribution in [3.05, 3.63) is 29.7 Å². The quantitative estimate of drug-likeness (QED) is 0.662. The van der Waals surface area contributed by atoms with E-state index in [-0.39, 0.29) is 0 Å². The van der Waals surface area contributed by atoms with Crippen molar-refractivity contribution in [1.82, 2.24) is 14.6 Å². The van der Waals surface area contributed by atoms with Crippen LogP contribution < -0.4 is 0 Å². The molecule has 0 unspecified atom stereocenters. The summed E-state index contributed by atoms with van der Waals surface area (Å²) < 4.78 is 1.80. The fourth-order valence-corrected chi connectivity index (χ4v) is 1.11. The van der Waals surface area contributed by atoms with Gasteiger partial charge in [0.1, 0.15) is 0 Å². The lowest BCUT2D eigenvalue weighted by atomic mass is 10.3. The Balaban J connectivity index is 0.000000442. The first-order valence-corrected chi connectivity index (χ1v) is 5.55. The molecular weight excluding hydrogens is 186 g/mol. The van der Waals surface area contributed by atoms with Crippen LogP contribution in [0.25, 0.3) is 5.65 Å². The van der Waals surface area contributed by atoms with E-state index in [0.29, 0.717) is 0 Å². The zero-order chi connectivity index (χ0) is 11.8. The van der Waals surface area contributed by atoms with Crippen LogP contribution in [0.1, 0.15) is 39.0 Å². The summed E-state index contributed by atoms with van der Waals surface area (Å²) in [6.45, 7) is 12.0. The standard InChI is InChI=1S/C8H9N3.2C2H6/c1-6-7(2)10-11-5-3-4-9-8(6)11;2*1-2/h3-5H,1-2H3;2*1-2H3. The molecule has 0 radical (unpaired) electrons. The second-order valence-electron chi connectivity index (χ2n) is 2.60. The molecule has 0 saturated heterocycles. The third-order valence-electron chi connectivity index (χ3n) is 1.86. The maximum Gasteiger partial charge on any atom is 0.158 e. The van der Waals surface area contributed by atoms with E-state index in [1.54, 1.807) is 10.7 Å². The average Bonchev–Trinajstić information content (AvgIpc) is 2.61. The molecule has 2 rings (SSSR count). The van der Waals surface area contributed by atoms with Gasteiger partial charge in [0.25, 0.3) is 0 Å². The molecule has 0 bridgehead atoms. The van der Waals surface area contributed by atoms with Crippen LogP contribution in [0.3, 0.4) is 0 Å². The van der Waals surface area contributed by atoms with E-state index in [1.807, 2.05) is 53.8 Å². The first-order valence-electron chi connectivity index (χ1n) is 5.55. The molecule has 3 heteroatoms. The number of aromatic nitrogens is 3. The maximum absolute atomic E-state index is 4.27. The van der Waals surface area contributed by atoms with Crippen molar-refractivity contribution in [2.24, 2.45) is 0 Å². The van der Waals surface area contributed by atoms with Crippen LogP contribution in [0.2, 0.25) is 0 Å². The molecule has 15 heavy (non-hydrogen) atoms. The lowest BCUT2D eigenvalue weighted by Gasteiger charge is -1.88. The molecule has 3 nitrogen and oxygen atoms in total. The minimum Gasteiger partial charge on any atom is -0.237 e. The molecule has 84 valence electrons. The smallest absolute Gasteiger partial charge is 0.158 e. The largest absolute Gasteiger partial charge is 0.237 e. The number of fused-ring (bicyclic) bond motifs is 1. The van der Waals surface area contributed by atoms with Gasteiger partial charge in [-0.15, -0.1) is 0 Å². The Morgan fingerprint density at radius 3 is 2.20 bits per heavy atom. The monoisotopic (exact) mass is 207 g/mol. The Labute approximate surface area is 92.2 Å². The van der Waals surface area contributed by atoms with E-state index in [2.05, 4.69) is 10.1 Å². The Kier molecular flexibility index (Phi) is 6.34. The Morgan fingerprint density at radius 1 is 1.07 bits per heavy atom. The predicted molar refractivity (Wildman–Crippen MR) is 65.2 cm³/mol. The van der Waals surface area contributed by atoms with Crippen LogP contribution in [-0.2, 0) is 0 Å². The van der Waals surface area contributed by atoms with E-state index in [9.17, 15) is 0 Å². The van der Waals surface area contributed by atoms with Gasteiger partial charge in [-0.3, -0.25) is 0 Å². The van der Waals surface area contributed by atoms with E-state index in [1.165, 1.54) is 0 Å². The average molecular weight is 207 g/mol. The van der Waals surface area contributed by atoms with Gasteiger partial charge < -0.3 is 0 Å². The van der Waals surface area contributed by atoms with Gasteiger partial charge in [0.05, 0.1) is 5.69 Å². The summed E-state index contributed by atoms with van der Waals surface area (Å²) in [4.78, 5) is 4.20. The molecule has 0 aliphatic heterocycles. The predicted octanol–water partition coefficient (Wildman–Crippen LogP) is 3.40. The van der Waals surface area contributed by atoms with Crippen LogP contribution in [-0.4, -0.2) is 14.6 Å². The summed E-state index contributed by atoms with van der Waals surface area (Å²) in [6, 6.07) is 1.87. The van der Waals surface area contributed by atoms with Crippen molar-refractivity contribution in [3.8, 4) is 0 Å². The molecule has 2 aromatic rings. The summed E-state index contributed by atoms with van der Waals surface area (Å²) in [5.41, 5.74) is 3.15. The first-order chi connectivity index (χ1) is 7.29. The molecule has 0 aliphatic rings. The Morgan fingerprint density at radius 2 is 1.67 bits per heavy atom. The van der Waals surface area contributed by atoms with Crippen molar-refractivity contribution < 1.29 is 0 Å². The summed E-state index contributed by atoms with van der Waals surface area (Å²) >= 11 is 0. The Bertz CT molecular complexity index is 391. The fraction of sp³-hybridized carbons (Fsp3) is 0.500. The number of rotatable bonds is 0. The van der Waals surface area contributed by atoms with Gasteiger partial charge in [0.2, 0.25) is 0 Å². The highest BCUT2D eigenvalue weighted by Crippen LogP contribution is 2.09. The van der Waals surface area contributed by atoms with Crippen molar-refractivity contribution in [2.45, 2.75) is 41.5 Å². The maximum atomic E-state index is 4.27. The van der Waals surface area contributed by atoms with Crippen LogP contribution in [0.15, 0.2) is 18.5 Å². The van der Waals surface area contributed by atoms with Gasteiger partial charge >= 0.3 is 0 Å². The van der Waals surface area contributed by atoms with Gasteiger partial charge in [-0.05, 0) is 19.9 Å². The minimum absolute atomic E-state index is 0.949. The molecule has 0 fully saturated rings. The minimum atomic E-state index is 0.949. The van der Waals surface area contributed by atoms with Crippen molar-refractivity contribution in [2.75, 3.05) is 0 Å². The molecule has 2 aromatic heterocycles. The molecule has 0 atom stereocenters. The molecule has 0 aliphatic carbocycles. The molecular formula is C12H21N3. The third-order valence-corrected chi connectivity index (χ3v) is 1.86. The second kappa shape index (κ2) is 6.98. The lowest BCUT2D eigenvalue weighted by molar-refractivity contribution is 0.917. The Hall–Kier alpha value is -1.38. The van der Waals surface area contributed by atoms with E-state index >= 15 is 0 Å². The fourth-order valence-electron chi connectivity index (χ4n) is 1.11. The highest BCUT2D eigenvalue weighted by molar-refractivity contribution is 5.47. The molecule has 0 N–H and O–H groups in total. The summed E-state index contributed by atoms with van der Waals surface area (Å²) in [6.07, 6.45) is 3.69. The van der Waals surface area contributed by atoms with Crippen molar-refractivity contribution >= 4 is 5.65 Å². The zero-order valence-electron chi connectivity index (χ0n) is 10.6. The highest BCUT2D eigenvalue weighted by atomic mass is 15.2. The highest BCUT2D eigenvalue weighted by Gasteiger charge is 2.02. The van der Waals surface area contributed by atoms with Gasteiger partial charge in [-0.1, -0.05) is 27.7 Å². The van der Waals surface area contributed by atoms with E-state index < -0.39 is 0 Å². The molecule has 0 aromatic carbocycles. The molecule has 2 heterocycles. The number of hydrogen-bond donors (Lipinski definition) is 0. The molecule has 0 saturated carbocycles. The van der Waals surface area contributed by atoms with Crippen molar-refractivity contribution in [3.63, 3.8) is 0 Å². The normalized spacial score (nSPS) is 8.67. The molecule has 0 spiro atoms. The van der Waals surface area contributed by atoms with Crippen LogP contribution >= 0.6 is 0 Å². The summed E-state index contributed by atoms with van der Waals surface area (Å²) in [5, 5.41) is 4.27. The molecule has 0 amide bonds.